The standard InChI is InChI=1S/C28H26N4O2/c33-26-15-8-16-31(26)19-21-9-7-12-23(17-21)28(34)29-18-24-20-32(25-13-5-2-6-14-25)30-27(24)22-10-3-1-4-11-22/h1-7,9-14,17,20H,8,15-16,18-19H2,(H,29,34). The number of para-hydroxylation sites is 1. The molecule has 0 aliphatic carbocycles. The highest BCUT2D eigenvalue weighted by molar-refractivity contribution is 5.94. The van der Waals surface area contributed by atoms with Crippen molar-refractivity contribution in [1.29, 1.82) is 0 Å². The number of hydrogen-bond acceptors (Lipinski definition) is 3. The Labute approximate surface area is 198 Å². The first kappa shape index (κ1) is 21.6. The molecule has 1 fully saturated rings. The van der Waals surface area contributed by atoms with E-state index in [4.69, 9.17) is 5.10 Å². The van der Waals surface area contributed by atoms with Gasteiger partial charge in [-0.15, -0.1) is 0 Å². The van der Waals surface area contributed by atoms with Crippen molar-refractivity contribution in [1.82, 2.24) is 20.0 Å². The van der Waals surface area contributed by atoms with Gasteiger partial charge in [-0.25, -0.2) is 4.68 Å². The van der Waals surface area contributed by atoms with Gasteiger partial charge in [0.15, 0.2) is 0 Å². The molecule has 1 aliphatic heterocycles. The summed E-state index contributed by atoms with van der Waals surface area (Å²) < 4.78 is 1.84. The third-order valence-corrected chi connectivity index (χ3v) is 6.03. The summed E-state index contributed by atoms with van der Waals surface area (Å²) in [5.74, 6) is 0.0276. The Hall–Kier alpha value is -4.19. The van der Waals surface area contributed by atoms with E-state index in [1.54, 1.807) is 6.07 Å². The fourth-order valence-corrected chi connectivity index (χ4v) is 4.27. The molecule has 170 valence electrons. The molecule has 0 unspecified atom stereocenters. The van der Waals surface area contributed by atoms with Gasteiger partial charge in [-0.3, -0.25) is 9.59 Å². The smallest absolute Gasteiger partial charge is 0.251 e. The lowest BCUT2D eigenvalue weighted by Gasteiger charge is -2.16. The fourth-order valence-electron chi connectivity index (χ4n) is 4.27. The molecule has 1 saturated heterocycles. The number of carbonyl (C=O) groups excluding carboxylic acids is 2. The monoisotopic (exact) mass is 450 g/mol. The number of aromatic nitrogens is 2. The second-order valence-electron chi connectivity index (χ2n) is 8.45. The van der Waals surface area contributed by atoms with Crippen LogP contribution in [-0.4, -0.2) is 33.0 Å². The lowest BCUT2D eigenvalue weighted by molar-refractivity contribution is -0.128. The van der Waals surface area contributed by atoms with Gasteiger partial charge in [0.1, 0.15) is 0 Å². The highest BCUT2D eigenvalue weighted by Crippen LogP contribution is 2.24. The molecule has 0 saturated carbocycles. The molecule has 2 amide bonds. The Balaban J connectivity index is 1.34. The van der Waals surface area contributed by atoms with Crippen LogP contribution in [0, 0.1) is 0 Å². The summed E-state index contributed by atoms with van der Waals surface area (Å²) in [6, 6.07) is 27.4. The van der Waals surface area contributed by atoms with Crippen molar-refractivity contribution in [2.45, 2.75) is 25.9 Å². The Morgan fingerprint density at radius 1 is 0.941 bits per heavy atom. The average molecular weight is 451 g/mol. The van der Waals surface area contributed by atoms with Gasteiger partial charge in [-0.1, -0.05) is 60.7 Å². The van der Waals surface area contributed by atoms with Crippen molar-refractivity contribution in [3.05, 3.63) is 108 Å². The van der Waals surface area contributed by atoms with Crippen LogP contribution in [0.4, 0.5) is 0 Å². The lowest BCUT2D eigenvalue weighted by Crippen LogP contribution is -2.25. The molecule has 1 N–H and O–H groups in total. The Morgan fingerprint density at radius 2 is 1.71 bits per heavy atom. The van der Waals surface area contributed by atoms with Gasteiger partial charge in [-0.2, -0.15) is 5.10 Å². The lowest BCUT2D eigenvalue weighted by atomic mass is 10.1. The van der Waals surface area contributed by atoms with E-state index in [9.17, 15) is 9.59 Å². The van der Waals surface area contributed by atoms with Crippen LogP contribution < -0.4 is 5.32 Å². The summed E-state index contributed by atoms with van der Waals surface area (Å²) >= 11 is 0. The predicted octanol–water partition coefficient (Wildman–Crippen LogP) is 4.59. The van der Waals surface area contributed by atoms with Gasteiger partial charge in [0.2, 0.25) is 5.91 Å². The van der Waals surface area contributed by atoms with Crippen LogP contribution in [0.2, 0.25) is 0 Å². The minimum absolute atomic E-state index is 0.152. The second kappa shape index (κ2) is 9.75. The molecule has 0 radical (unpaired) electrons. The van der Waals surface area contributed by atoms with E-state index in [-0.39, 0.29) is 11.8 Å². The van der Waals surface area contributed by atoms with Crippen molar-refractivity contribution in [3.63, 3.8) is 0 Å². The van der Waals surface area contributed by atoms with E-state index in [2.05, 4.69) is 5.32 Å². The number of nitrogens with zero attached hydrogens (tertiary/aromatic N) is 3. The SMILES string of the molecule is O=C(NCc1cn(-c2ccccc2)nc1-c1ccccc1)c1cccc(CN2CCCC2=O)c1. The van der Waals surface area contributed by atoms with E-state index < -0.39 is 0 Å². The van der Waals surface area contributed by atoms with E-state index in [0.717, 1.165) is 41.0 Å². The zero-order valence-electron chi connectivity index (χ0n) is 18.9. The molecule has 2 heterocycles. The number of amides is 2. The number of carbonyl (C=O) groups is 2. The molecule has 1 aromatic heterocycles. The normalized spacial score (nSPS) is 13.3. The molecule has 0 spiro atoms. The molecule has 1 aliphatic rings. The highest BCUT2D eigenvalue weighted by atomic mass is 16.2. The molecule has 34 heavy (non-hydrogen) atoms. The summed E-state index contributed by atoms with van der Waals surface area (Å²) in [4.78, 5) is 26.8. The summed E-state index contributed by atoms with van der Waals surface area (Å²) in [7, 11) is 0. The van der Waals surface area contributed by atoms with Gasteiger partial charge < -0.3 is 10.2 Å². The largest absolute Gasteiger partial charge is 0.348 e. The number of rotatable bonds is 7. The van der Waals surface area contributed by atoms with Gasteiger partial charge in [0.05, 0.1) is 11.4 Å². The van der Waals surface area contributed by atoms with Crippen molar-refractivity contribution < 1.29 is 9.59 Å². The second-order valence-corrected chi connectivity index (χ2v) is 8.45. The third-order valence-electron chi connectivity index (χ3n) is 6.03. The number of benzene rings is 3. The maximum atomic E-state index is 13.0. The maximum absolute atomic E-state index is 13.0. The zero-order valence-corrected chi connectivity index (χ0v) is 18.9. The molecule has 6 nitrogen and oxygen atoms in total. The molecular formula is C28H26N4O2. The highest BCUT2D eigenvalue weighted by Gasteiger charge is 2.20. The molecule has 0 atom stereocenters. The minimum atomic E-state index is -0.152. The molecule has 4 aromatic rings. The van der Waals surface area contributed by atoms with E-state index in [0.29, 0.717) is 25.1 Å². The van der Waals surface area contributed by atoms with E-state index in [1.807, 2.05) is 94.6 Å². The van der Waals surface area contributed by atoms with Crippen molar-refractivity contribution in [2.75, 3.05) is 6.54 Å². The van der Waals surface area contributed by atoms with Crippen LogP contribution >= 0.6 is 0 Å². The number of likely N-dealkylation sites (tertiary alicyclic amines) is 1. The molecular weight excluding hydrogens is 424 g/mol. The molecule has 6 heteroatoms. The van der Waals surface area contributed by atoms with E-state index in [1.165, 1.54) is 0 Å². The van der Waals surface area contributed by atoms with Crippen LogP contribution in [-0.2, 0) is 17.9 Å². The predicted molar refractivity (Wildman–Crippen MR) is 131 cm³/mol. The first-order valence-electron chi connectivity index (χ1n) is 11.5. The van der Waals surface area contributed by atoms with Crippen LogP contribution in [0.25, 0.3) is 16.9 Å². The topological polar surface area (TPSA) is 67.2 Å². The minimum Gasteiger partial charge on any atom is -0.348 e. The molecule has 0 bridgehead atoms. The number of hydrogen-bond donors (Lipinski definition) is 1. The summed E-state index contributed by atoms with van der Waals surface area (Å²) in [6.07, 6.45) is 3.48. The van der Waals surface area contributed by atoms with E-state index >= 15 is 0 Å². The van der Waals surface area contributed by atoms with Crippen molar-refractivity contribution in [2.24, 2.45) is 0 Å². The van der Waals surface area contributed by atoms with Crippen LogP contribution in [0.3, 0.4) is 0 Å². The molecule has 3 aromatic carbocycles. The Kier molecular flexibility index (Phi) is 6.21. The van der Waals surface area contributed by atoms with Crippen molar-refractivity contribution >= 4 is 11.8 Å². The fraction of sp³-hybridized carbons (Fsp3) is 0.179. The van der Waals surface area contributed by atoms with Gasteiger partial charge in [-0.05, 0) is 36.2 Å². The molecule has 5 rings (SSSR count). The van der Waals surface area contributed by atoms with Crippen LogP contribution in [0.1, 0.15) is 34.3 Å². The first-order valence-corrected chi connectivity index (χ1v) is 11.5. The summed E-state index contributed by atoms with van der Waals surface area (Å²) in [6.45, 7) is 1.68. The van der Waals surface area contributed by atoms with Crippen LogP contribution in [0.5, 0.6) is 0 Å². The third kappa shape index (κ3) is 4.76. The average Bonchev–Trinajstić information content (AvgIpc) is 3.50. The van der Waals surface area contributed by atoms with Crippen molar-refractivity contribution in [3.8, 4) is 16.9 Å². The van der Waals surface area contributed by atoms with Gasteiger partial charge in [0.25, 0.3) is 5.91 Å². The first-order chi connectivity index (χ1) is 16.7. The number of nitrogens with one attached hydrogen (secondary N) is 1. The Morgan fingerprint density at radius 3 is 2.44 bits per heavy atom. The van der Waals surface area contributed by atoms with Gasteiger partial charge in [0, 0.05) is 48.9 Å². The summed E-state index contributed by atoms with van der Waals surface area (Å²) in [5, 5.41) is 7.85. The van der Waals surface area contributed by atoms with Crippen LogP contribution in [0.15, 0.2) is 91.1 Å². The zero-order chi connectivity index (χ0) is 23.3. The van der Waals surface area contributed by atoms with Gasteiger partial charge >= 0.3 is 0 Å². The quantitative estimate of drug-likeness (QED) is 0.448. The maximum Gasteiger partial charge on any atom is 0.251 e. The Bertz CT molecular complexity index is 1300. The summed E-state index contributed by atoms with van der Waals surface area (Å²) in [5.41, 5.74) is 5.28.